The van der Waals surface area contributed by atoms with Crippen molar-refractivity contribution in [3.05, 3.63) is 83.7 Å². The number of likely N-dealkylation sites (tertiary alicyclic amines) is 1. The molecule has 0 radical (unpaired) electrons. The summed E-state index contributed by atoms with van der Waals surface area (Å²) in [4.78, 5) is 28.1. The first-order valence-electron chi connectivity index (χ1n) is 9.53. The number of anilines is 1. The zero-order chi connectivity index (χ0) is 19.3. The molecule has 1 unspecified atom stereocenters. The molecule has 0 saturated carbocycles. The van der Waals surface area contributed by atoms with Crippen LogP contribution in [-0.4, -0.2) is 32.3 Å². The molecule has 1 aliphatic heterocycles. The predicted molar refractivity (Wildman–Crippen MR) is 108 cm³/mol. The maximum atomic E-state index is 12.5. The molecule has 4 heterocycles. The Morgan fingerprint density at radius 3 is 2.82 bits per heavy atom. The van der Waals surface area contributed by atoms with E-state index in [9.17, 15) is 4.79 Å². The van der Waals surface area contributed by atoms with E-state index >= 15 is 0 Å². The number of aryl methyl sites for hydroxylation is 1. The Hall–Kier alpha value is -3.12. The van der Waals surface area contributed by atoms with E-state index in [0.717, 1.165) is 30.8 Å². The minimum atomic E-state index is -0.216. The maximum absolute atomic E-state index is 12.5. The summed E-state index contributed by atoms with van der Waals surface area (Å²) in [7, 11) is 0. The minimum absolute atomic E-state index is 0.216. The van der Waals surface area contributed by atoms with E-state index in [2.05, 4.69) is 38.2 Å². The summed E-state index contributed by atoms with van der Waals surface area (Å²) in [5.74, 6) is -0.216. The topological polar surface area (TPSA) is 71.0 Å². The third-order valence-electron chi connectivity index (χ3n) is 5.07. The van der Waals surface area contributed by atoms with Crippen molar-refractivity contribution in [1.29, 1.82) is 0 Å². The highest BCUT2D eigenvalue weighted by Gasteiger charge is 2.28. The summed E-state index contributed by atoms with van der Waals surface area (Å²) in [6.45, 7) is 3.83. The van der Waals surface area contributed by atoms with Crippen molar-refractivity contribution in [2.75, 3.05) is 11.9 Å². The van der Waals surface area contributed by atoms with E-state index in [-0.39, 0.29) is 5.91 Å². The van der Waals surface area contributed by atoms with Gasteiger partial charge in [0, 0.05) is 30.8 Å². The van der Waals surface area contributed by atoms with E-state index < -0.39 is 0 Å². The lowest BCUT2D eigenvalue weighted by Gasteiger charge is -2.24. The van der Waals surface area contributed by atoms with Gasteiger partial charge in [-0.05, 0) is 62.2 Å². The van der Waals surface area contributed by atoms with Gasteiger partial charge in [0.25, 0.3) is 5.91 Å². The summed E-state index contributed by atoms with van der Waals surface area (Å²) >= 11 is 0. The predicted octanol–water partition coefficient (Wildman–Crippen LogP) is 3.77. The fraction of sp³-hybridized carbons (Fsp3) is 0.273. The van der Waals surface area contributed by atoms with Gasteiger partial charge in [-0.1, -0.05) is 12.1 Å². The van der Waals surface area contributed by atoms with Crippen LogP contribution < -0.4 is 5.32 Å². The highest BCUT2D eigenvalue weighted by Crippen LogP contribution is 2.33. The lowest BCUT2D eigenvalue weighted by molar-refractivity contribution is 0.102. The molecule has 1 fully saturated rings. The number of hydrogen-bond acceptors (Lipinski definition) is 5. The Balaban J connectivity index is 1.49. The van der Waals surface area contributed by atoms with E-state index in [1.165, 1.54) is 5.56 Å². The largest absolute Gasteiger partial charge is 0.321 e. The standard InChI is InChI=1S/C22H23N5O/c1-16-5-3-11-24-21(16)20-8-4-14-27(20)15-18-6-2-7-19(25-18)22(28)26-17-9-12-23-13-10-17/h2-3,5-7,9-13,20H,4,8,14-15H2,1H3,(H,23,26,28). The molecule has 3 aromatic heterocycles. The second-order valence-electron chi connectivity index (χ2n) is 7.04. The Bertz CT molecular complexity index is 960. The van der Waals surface area contributed by atoms with Gasteiger partial charge in [0.2, 0.25) is 0 Å². The Kier molecular flexibility index (Phi) is 5.39. The number of nitrogens with zero attached hydrogens (tertiary/aromatic N) is 4. The van der Waals surface area contributed by atoms with Crippen molar-refractivity contribution < 1.29 is 4.79 Å². The van der Waals surface area contributed by atoms with Gasteiger partial charge >= 0.3 is 0 Å². The zero-order valence-electron chi connectivity index (χ0n) is 15.9. The highest BCUT2D eigenvalue weighted by molar-refractivity contribution is 6.02. The van der Waals surface area contributed by atoms with E-state index in [0.29, 0.717) is 24.0 Å². The molecule has 0 aliphatic carbocycles. The molecule has 6 heteroatoms. The normalized spacial score (nSPS) is 16.8. The van der Waals surface area contributed by atoms with Crippen LogP contribution in [0.25, 0.3) is 0 Å². The summed E-state index contributed by atoms with van der Waals surface area (Å²) < 4.78 is 0. The average molecular weight is 373 g/mol. The van der Waals surface area contributed by atoms with Crippen LogP contribution in [0.3, 0.4) is 0 Å². The molecule has 0 aromatic carbocycles. The first kappa shape index (κ1) is 18.3. The second-order valence-corrected chi connectivity index (χ2v) is 7.04. The molecule has 6 nitrogen and oxygen atoms in total. The first-order valence-corrected chi connectivity index (χ1v) is 9.53. The lowest BCUT2D eigenvalue weighted by Crippen LogP contribution is -2.25. The van der Waals surface area contributed by atoms with Gasteiger partial charge in [0.05, 0.1) is 17.4 Å². The molecule has 1 saturated heterocycles. The molecule has 1 N–H and O–H groups in total. The van der Waals surface area contributed by atoms with Crippen LogP contribution in [-0.2, 0) is 6.54 Å². The molecule has 1 amide bonds. The lowest BCUT2D eigenvalue weighted by atomic mass is 10.1. The van der Waals surface area contributed by atoms with E-state index in [1.54, 1.807) is 30.6 Å². The Morgan fingerprint density at radius 2 is 2.00 bits per heavy atom. The van der Waals surface area contributed by atoms with Crippen LogP contribution in [0.2, 0.25) is 0 Å². The number of aromatic nitrogens is 3. The van der Waals surface area contributed by atoms with Crippen LogP contribution >= 0.6 is 0 Å². The molecule has 0 bridgehead atoms. The number of hydrogen-bond donors (Lipinski definition) is 1. The van der Waals surface area contributed by atoms with Gasteiger partial charge in [-0.2, -0.15) is 0 Å². The smallest absolute Gasteiger partial charge is 0.274 e. The minimum Gasteiger partial charge on any atom is -0.321 e. The molecule has 0 spiro atoms. The third-order valence-corrected chi connectivity index (χ3v) is 5.07. The molecular formula is C22H23N5O. The van der Waals surface area contributed by atoms with E-state index in [1.807, 2.05) is 24.4 Å². The van der Waals surface area contributed by atoms with Gasteiger partial charge < -0.3 is 5.32 Å². The van der Waals surface area contributed by atoms with Crippen LogP contribution in [0.15, 0.2) is 61.1 Å². The van der Waals surface area contributed by atoms with Gasteiger partial charge in [-0.3, -0.25) is 19.7 Å². The molecule has 1 aliphatic rings. The summed E-state index contributed by atoms with van der Waals surface area (Å²) in [6, 6.07) is 13.5. The van der Waals surface area contributed by atoms with Crippen molar-refractivity contribution in [3.63, 3.8) is 0 Å². The highest BCUT2D eigenvalue weighted by atomic mass is 16.1. The van der Waals surface area contributed by atoms with Crippen molar-refractivity contribution in [1.82, 2.24) is 19.9 Å². The third kappa shape index (κ3) is 4.07. The van der Waals surface area contributed by atoms with Crippen molar-refractivity contribution in [2.24, 2.45) is 0 Å². The van der Waals surface area contributed by atoms with Crippen molar-refractivity contribution in [2.45, 2.75) is 32.4 Å². The van der Waals surface area contributed by atoms with Gasteiger partial charge in [0.15, 0.2) is 0 Å². The van der Waals surface area contributed by atoms with Crippen LogP contribution in [0.1, 0.15) is 46.3 Å². The Labute approximate surface area is 164 Å². The summed E-state index contributed by atoms with van der Waals surface area (Å²) in [5, 5.41) is 2.86. The number of carbonyl (C=O) groups excluding carboxylic acids is 1. The number of amides is 1. The SMILES string of the molecule is Cc1cccnc1C1CCCN1Cc1cccc(C(=O)Nc2ccncc2)n1. The molecule has 4 rings (SSSR count). The molecule has 142 valence electrons. The van der Waals surface area contributed by atoms with Crippen LogP contribution in [0.4, 0.5) is 5.69 Å². The molecule has 1 atom stereocenters. The van der Waals surface area contributed by atoms with Crippen LogP contribution in [0, 0.1) is 6.92 Å². The van der Waals surface area contributed by atoms with Gasteiger partial charge in [0.1, 0.15) is 5.69 Å². The maximum Gasteiger partial charge on any atom is 0.274 e. The quantitative estimate of drug-likeness (QED) is 0.737. The van der Waals surface area contributed by atoms with Crippen LogP contribution in [0.5, 0.6) is 0 Å². The van der Waals surface area contributed by atoms with Crippen molar-refractivity contribution in [3.8, 4) is 0 Å². The van der Waals surface area contributed by atoms with Gasteiger partial charge in [-0.25, -0.2) is 4.98 Å². The zero-order valence-corrected chi connectivity index (χ0v) is 15.9. The Morgan fingerprint density at radius 1 is 1.14 bits per heavy atom. The average Bonchev–Trinajstić information content (AvgIpc) is 3.17. The summed E-state index contributed by atoms with van der Waals surface area (Å²) in [5.41, 5.74) is 4.38. The second kappa shape index (κ2) is 8.27. The summed E-state index contributed by atoms with van der Waals surface area (Å²) in [6.07, 6.45) is 7.39. The number of nitrogens with one attached hydrogen (secondary N) is 1. The van der Waals surface area contributed by atoms with Gasteiger partial charge in [-0.15, -0.1) is 0 Å². The number of pyridine rings is 3. The number of carbonyl (C=O) groups is 1. The van der Waals surface area contributed by atoms with E-state index in [4.69, 9.17) is 0 Å². The fourth-order valence-corrected chi connectivity index (χ4v) is 3.70. The fourth-order valence-electron chi connectivity index (χ4n) is 3.70. The molecule has 3 aromatic rings. The number of rotatable bonds is 5. The van der Waals surface area contributed by atoms with Crippen molar-refractivity contribution >= 4 is 11.6 Å². The first-order chi connectivity index (χ1) is 13.7. The monoisotopic (exact) mass is 373 g/mol. The molecule has 28 heavy (non-hydrogen) atoms. The molecular weight excluding hydrogens is 350 g/mol.